The van der Waals surface area contributed by atoms with E-state index in [9.17, 15) is 5.11 Å². The van der Waals surface area contributed by atoms with E-state index in [4.69, 9.17) is 16.3 Å². The van der Waals surface area contributed by atoms with E-state index >= 15 is 0 Å². The highest BCUT2D eigenvalue weighted by atomic mass is 35.5. The first-order chi connectivity index (χ1) is 14.9. The smallest absolute Gasteiger partial charge is 0.164 e. The van der Waals surface area contributed by atoms with Crippen LogP contribution in [0.4, 0.5) is 11.5 Å². The topological polar surface area (TPSA) is 80.2 Å². The average Bonchev–Trinajstić information content (AvgIpc) is 2.75. The van der Waals surface area contributed by atoms with Crippen molar-refractivity contribution in [3.63, 3.8) is 0 Å². The maximum absolute atomic E-state index is 9.85. The number of ether oxygens (including phenoxy) is 1. The SMILES string of the molecule is CC(C)c1ccc2c(Nc3cc(Cl)ccc3Oc3cccc(C(C)O)c3)ncnc2n1. The van der Waals surface area contributed by atoms with Gasteiger partial charge in [0.2, 0.25) is 0 Å². The average molecular weight is 435 g/mol. The highest BCUT2D eigenvalue weighted by Crippen LogP contribution is 2.35. The second kappa shape index (κ2) is 8.88. The number of hydrogen-bond donors (Lipinski definition) is 2. The van der Waals surface area contributed by atoms with Crippen molar-refractivity contribution in [1.29, 1.82) is 0 Å². The molecule has 2 N–H and O–H groups in total. The summed E-state index contributed by atoms with van der Waals surface area (Å²) in [7, 11) is 0. The minimum atomic E-state index is -0.582. The number of hydrogen-bond acceptors (Lipinski definition) is 6. The summed E-state index contributed by atoms with van der Waals surface area (Å²) in [5.74, 6) is 2.10. The van der Waals surface area contributed by atoms with E-state index in [0.29, 0.717) is 39.6 Å². The van der Waals surface area contributed by atoms with Crippen LogP contribution in [0.15, 0.2) is 60.9 Å². The second-order valence-corrected chi connectivity index (χ2v) is 8.04. The number of benzene rings is 2. The summed E-state index contributed by atoms with van der Waals surface area (Å²) in [5, 5.41) is 14.5. The molecular weight excluding hydrogens is 412 g/mol. The van der Waals surface area contributed by atoms with Crippen molar-refractivity contribution in [3.8, 4) is 11.5 Å². The molecule has 0 aliphatic heterocycles. The summed E-state index contributed by atoms with van der Waals surface area (Å²) in [4.78, 5) is 13.4. The van der Waals surface area contributed by atoms with Crippen LogP contribution in [0.1, 0.15) is 44.1 Å². The maximum Gasteiger partial charge on any atom is 0.164 e. The maximum atomic E-state index is 9.85. The molecule has 2 heterocycles. The number of rotatable bonds is 6. The molecule has 0 bridgehead atoms. The van der Waals surface area contributed by atoms with Gasteiger partial charge in [-0.3, -0.25) is 0 Å². The minimum Gasteiger partial charge on any atom is -0.455 e. The number of nitrogens with one attached hydrogen (secondary N) is 1. The predicted molar refractivity (Wildman–Crippen MR) is 123 cm³/mol. The van der Waals surface area contributed by atoms with Gasteiger partial charge < -0.3 is 15.2 Å². The monoisotopic (exact) mass is 434 g/mol. The van der Waals surface area contributed by atoms with Crippen LogP contribution in [0.25, 0.3) is 11.0 Å². The third-order valence-corrected chi connectivity index (χ3v) is 5.11. The Morgan fingerprint density at radius 2 is 1.84 bits per heavy atom. The molecular formula is C24H23ClN4O2. The van der Waals surface area contributed by atoms with Crippen molar-refractivity contribution in [1.82, 2.24) is 15.0 Å². The van der Waals surface area contributed by atoms with Crippen LogP contribution >= 0.6 is 11.6 Å². The number of aromatic nitrogens is 3. The number of pyridine rings is 1. The molecule has 0 aliphatic carbocycles. The lowest BCUT2D eigenvalue weighted by atomic mass is 10.1. The van der Waals surface area contributed by atoms with Gasteiger partial charge in [-0.05, 0) is 60.9 Å². The van der Waals surface area contributed by atoms with Gasteiger partial charge >= 0.3 is 0 Å². The summed E-state index contributed by atoms with van der Waals surface area (Å²) in [5.41, 5.74) is 3.03. The Kier molecular flexibility index (Phi) is 6.02. The van der Waals surface area contributed by atoms with Crippen LogP contribution in [-0.2, 0) is 0 Å². The lowest BCUT2D eigenvalue weighted by molar-refractivity contribution is 0.199. The fraction of sp³-hybridized carbons (Fsp3) is 0.208. The molecule has 1 atom stereocenters. The van der Waals surface area contributed by atoms with Gasteiger partial charge in [-0.15, -0.1) is 0 Å². The molecule has 7 heteroatoms. The van der Waals surface area contributed by atoms with E-state index < -0.39 is 6.10 Å². The molecule has 0 saturated carbocycles. The molecule has 0 amide bonds. The zero-order valence-electron chi connectivity index (χ0n) is 17.5. The standard InChI is InChI=1S/C24H23ClN4O2/c1-14(2)20-9-8-19-23(28-20)26-13-27-24(19)29-21-12-17(25)7-10-22(21)31-18-6-4-5-16(11-18)15(3)30/h4-15,30H,1-3H3,(H,26,27,28,29). The molecule has 2 aromatic heterocycles. The summed E-state index contributed by atoms with van der Waals surface area (Å²) < 4.78 is 6.10. The molecule has 6 nitrogen and oxygen atoms in total. The predicted octanol–water partition coefficient (Wildman–Crippen LogP) is 6.39. The number of nitrogens with zero attached hydrogens (tertiary/aromatic N) is 3. The molecule has 0 saturated heterocycles. The van der Waals surface area contributed by atoms with Crippen molar-refractivity contribution >= 4 is 34.1 Å². The van der Waals surface area contributed by atoms with Crippen molar-refractivity contribution in [2.45, 2.75) is 32.8 Å². The fourth-order valence-corrected chi connectivity index (χ4v) is 3.33. The van der Waals surface area contributed by atoms with Crippen LogP contribution in [-0.4, -0.2) is 20.1 Å². The molecule has 158 valence electrons. The Labute approximate surface area is 185 Å². The molecule has 31 heavy (non-hydrogen) atoms. The van der Waals surface area contributed by atoms with E-state index in [1.807, 2.05) is 30.3 Å². The highest BCUT2D eigenvalue weighted by Gasteiger charge is 2.12. The third kappa shape index (κ3) is 4.76. The van der Waals surface area contributed by atoms with E-state index in [-0.39, 0.29) is 0 Å². The first-order valence-corrected chi connectivity index (χ1v) is 10.4. The summed E-state index contributed by atoms with van der Waals surface area (Å²) >= 11 is 6.25. The zero-order valence-corrected chi connectivity index (χ0v) is 18.3. The largest absolute Gasteiger partial charge is 0.455 e. The number of halogens is 1. The zero-order chi connectivity index (χ0) is 22.0. The summed E-state index contributed by atoms with van der Waals surface area (Å²) in [6.07, 6.45) is 0.904. The van der Waals surface area contributed by atoms with Gasteiger partial charge in [0.15, 0.2) is 11.4 Å². The third-order valence-electron chi connectivity index (χ3n) is 4.87. The van der Waals surface area contributed by atoms with Crippen LogP contribution < -0.4 is 10.1 Å². The first kappa shape index (κ1) is 21.0. The van der Waals surface area contributed by atoms with Crippen LogP contribution in [0.3, 0.4) is 0 Å². The van der Waals surface area contributed by atoms with Gasteiger partial charge in [0, 0.05) is 10.7 Å². The van der Waals surface area contributed by atoms with Crippen LogP contribution in [0.5, 0.6) is 11.5 Å². The molecule has 0 fully saturated rings. The van der Waals surface area contributed by atoms with E-state index in [1.165, 1.54) is 6.33 Å². The van der Waals surface area contributed by atoms with Crippen LogP contribution in [0.2, 0.25) is 5.02 Å². The summed E-state index contributed by atoms with van der Waals surface area (Å²) in [6, 6.07) is 16.6. The summed E-state index contributed by atoms with van der Waals surface area (Å²) in [6.45, 7) is 5.90. The van der Waals surface area contributed by atoms with E-state index in [0.717, 1.165) is 16.6 Å². The molecule has 4 rings (SSSR count). The van der Waals surface area contributed by atoms with Crippen molar-refractivity contribution in [2.75, 3.05) is 5.32 Å². The number of aliphatic hydroxyl groups is 1. The molecule has 1 unspecified atom stereocenters. The van der Waals surface area contributed by atoms with Crippen LogP contribution in [0, 0.1) is 0 Å². The van der Waals surface area contributed by atoms with Crippen molar-refractivity contribution in [3.05, 3.63) is 77.2 Å². The first-order valence-electron chi connectivity index (χ1n) is 10.0. The van der Waals surface area contributed by atoms with Crippen molar-refractivity contribution in [2.24, 2.45) is 0 Å². The second-order valence-electron chi connectivity index (χ2n) is 7.60. The quantitative estimate of drug-likeness (QED) is 0.366. The van der Waals surface area contributed by atoms with Gasteiger partial charge in [0.25, 0.3) is 0 Å². The number of anilines is 2. The highest BCUT2D eigenvalue weighted by molar-refractivity contribution is 6.31. The van der Waals surface area contributed by atoms with Gasteiger partial charge in [-0.25, -0.2) is 15.0 Å². The minimum absolute atomic E-state index is 0.307. The van der Waals surface area contributed by atoms with E-state index in [2.05, 4.69) is 34.1 Å². The lowest BCUT2D eigenvalue weighted by Gasteiger charge is -2.15. The van der Waals surface area contributed by atoms with Crippen molar-refractivity contribution < 1.29 is 9.84 Å². The fourth-order valence-electron chi connectivity index (χ4n) is 3.16. The molecule has 0 aliphatic rings. The van der Waals surface area contributed by atoms with Gasteiger partial charge in [-0.2, -0.15) is 0 Å². The van der Waals surface area contributed by atoms with E-state index in [1.54, 1.807) is 31.2 Å². The van der Waals surface area contributed by atoms with Gasteiger partial charge in [0.1, 0.15) is 17.9 Å². The number of fused-ring (bicyclic) bond motifs is 1. The Morgan fingerprint density at radius 1 is 1.00 bits per heavy atom. The molecule has 2 aromatic carbocycles. The van der Waals surface area contributed by atoms with Gasteiger partial charge in [-0.1, -0.05) is 37.6 Å². The lowest BCUT2D eigenvalue weighted by Crippen LogP contribution is -2.01. The normalized spacial score (nSPS) is 12.2. The Balaban J connectivity index is 1.69. The Hall–Kier alpha value is -3.22. The van der Waals surface area contributed by atoms with Gasteiger partial charge in [0.05, 0.1) is 17.2 Å². The Morgan fingerprint density at radius 3 is 2.61 bits per heavy atom. The molecule has 0 spiro atoms. The molecule has 0 radical (unpaired) electrons. The Bertz CT molecular complexity index is 1230. The molecule has 4 aromatic rings. The number of aliphatic hydroxyl groups excluding tert-OH is 1.